The predicted octanol–water partition coefficient (Wildman–Crippen LogP) is 10.9. The summed E-state index contributed by atoms with van der Waals surface area (Å²) in [5, 5.41) is 5.15. The van der Waals surface area contributed by atoms with Crippen molar-refractivity contribution in [2.75, 3.05) is 0 Å². The van der Waals surface area contributed by atoms with Gasteiger partial charge in [0, 0.05) is 44.3 Å². The summed E-state index contributed by atoms with van der Waals surface area (Å²) in [7, 11) is 0. The zero-order valence-corrected chi connectivity index (χ0v) is 25.3. The normalized spacial score (nSPS) is 12.2. The second kappa shape index (κ2) is 9.44. The third kappa shape index (κ3) is 3.46. The summed E-state index contributed by atoms with van der Waals surface area (Å²) in [6, 6.07) is 43.2. The minimum Gasteiger partial charge on any atom is -0.456 e. The molecular formula is C42H22N4O2. The standard InChI is InChI=1S/C42H22N4O2/c1-2-10-24-23(9-1)26-19-20-31(38-37(26)27(24)21-22-43-38)41-44-40(30-14-8-18-35-36(30)29-12-4-6-17-34(29)47-35)45-42(46-41)32-15-7-13-28-25-11-3-5-16-33(25)48-39(28)32/h1-22H. The van der Waals surface area contributed by atoms with Gasteiger partial charge in [-0.2, -0.15) is 0 Å². The number of rotatable bonds is 3. The maximum absolute atomic E-state index is 6.46. The predicted molar refractivity (Wildman–Crippen MR) is 190 cm³/mol. The second-order valence-electron chi connectivity index (χ2n) is 12.2. The zero-order chi connectivity index (χ0) is 31.3. The van der Waals surface area contributed by atoms with E-state index in [0.717, 1.165) is 71.5 Å². The van der Waals surface area contributed by atoms with Gasteiger partial charge in [0.05, 0.1) is 11.1 Å². The van der Waals surface area contributed by atoms with Crippen LogP contribution in [-0.2, 0) is 0 Å². The van der Waals surface area contributed by atoms with Crippen molar-refractivity contribution in [3.63, 3.8) is 0 Å². The van der Waals surface area contributed by atoms with Gasteiger partial charge >= 0.3 is 0 Å². The molecule has 222 valence electrons. The Bertz CT molecular complexity index is 2940. The second-order valence-corrected chi connectivity index (χ2v) is 12.2. The van der Waals surface area contributed by atoms with Crippen LogP contribution >= 0.6 is 0 Å². The third-order valence-corrected chi connectivity index (χ3v) is 9.56. The molecule has 0 bridgehead atoms. The van der Waals surface area contributed by atoms with E-state index in [0.29, 0.717) is 17.5 Å². The number of fused-ring (bicyclic) bond motifs is 9. The summed E-state index contributed by atoms with van der Waals surface area (Å²) in [6.07, 6.45) is 1.88. The van der Waals surface area contributed by atoms with Gasteiger partial charge in [0.2, 0.25) is 0 Å². The Morgan fingerprint density at radius 2 is 0.917 bits per heavy atom. The Balaban J connectivity index is 1.23. The van der Waals surface area contributed by atoms with E-state index in [2.05, 4.69) is 66.7 Å². The van der Waals surface area contributed by atoms with Gasteiger partial charge in [-0.1, -0.05) is 91.0 Å². The summed E-state index contributed by atoms with van der Waals surface area (Å²) in [5.41, 5.74) is 11.3. The van der Waals surface area contributed by atoms with E-state index in [9.17, 15) is 0 Å². The summed E-state index contributed by atoms with van der Waals surface area (Å²) >= 11 is 0. The first kappa shape index (κ1) is 25.5. The SMILES string of the molecule is c1ccc2c(c1)-c1ccnc3c(-c4nc(-c5cccc6c5oc5ccccc56)nc(-c5cccc6oc7ccccc7c56)n4)ccc-2c13. The number of aromatic nitrogens is 4. The van der Waals surface area contributed by atoms with Crippen LogP contribution in [0.25, 0.3) is 111 Å². The molecule has 10 aromatic rings. The lowest BCUT2D eigenvalue weighted by Gasteiger charge is -2.11. The van der Waals surface area contributed by atoms with Gasteiger partial charge in [-0.3, -0.25) is 4.98 Å². The molecule has 11 rings (SSSR count). The zero-order valence-electron chi connectivity index (χ0n) is 25.3. The number of furan rings is 2. The van der Waals surface area contributed by atoms with Crippen LogP contribution in [0, 0.1) is 0 Å². The average Bonchev–Trinajstić information content (AvgIpc) is 3.82. The Labute approximate surface area is 273 Å². The van der Waals surface area contributed by atoms with Crippen LogP contribution in [0.1, 0.15) is 0 Å². The molecule has 4 aromatic heterocycles. The lowest BCUT2D eigenvalue weighted by Crippen LogP contribution is -2.01. The maximum Gasteiger partial charge on any atom is 0.167 e. The highest BCUT2D eigenvalue weighted by atomic mass is 16.3. The molecule has 0 spiro atoms. The minimum atomic E-state index is 0.524. The highest BCUT2D eigenvalue weighted by Gasteiger charge is 2.25. The molecule has 0 fully saturated rings. The lowest BCUT2D eigenvalue weighted by atomic mass is 10.0. The maximum atomic E-state index is 6.46. The molecule has 1 aliphatic carbocycles. The quantitative estimate of drug-likeness (QED) is 0.197. The van der Waals surface area contributed by atoms with Gasteiger partial charge in [-0.25, -0.2) is 15.0 Å². The fraction of sp³-hybridized carbons (Fsp3) is 0. The van der Waals surface area contributed by atoms with E-state index in [-0.39, 0.29) is 0 Å². The lowest BCUT2D eigenvalue weighted by molar-refractivity contribution is 0.668. The molecule has 6 heteroatoms. The van der Waals surface area contributed by atoms with E-state index in [1.165, 1.54) is 22.3 Å². The molecule has 48 heavy (non-hydrogen) atoms. The van der Waals surface area contributed by atoms with Crippen molar-refractivity contribution in [3.8, 4) is 56.4 Å². The number of para-hydroxylation sites is 3. The van der Waals surface area contributed by atoms with Crippen LogP contribution in [0.5, 0.6) is 0 Å². The van der Waals surface area contributed by atoms with Crippen LogP contribution in [0.15, 0.2) is 142 Å². The first-order chi connectivity index (χ1) is 23.8. The smallest absolute Gasteiger partial charge is 0.167 e. The molecule has 0 radical (unpaired) electrons. The minimum absolute atomic E-state index is 0.524. The average molecular weight is 615 g/mol. The van der Waals surface area contributed by atoms with Crippen molar-refractivity contribution in [2.45, 2.75) is 0 Å². The van der Waals surface area contributed by atoms with Crippen molar-refractivity contribution in [1.29, 1.82) is 0 Å². The van der Waals surface area contributed by atoms with Crippen LogP contribution in [0.4, 0.5) is 0 Å². The molecule has 0 amide bonds. The van der Waals surface area contributed by atoms with Gasteiger partial charge in [-0.15, -0.1) is 0 Å². The first-order valence-electron chi connectivity index (χ1n) is 15.9. The van der Waals surface area contributed by atoms with Crippen molar-refractivity contribution in [2.24, 2.45) is 0 Å². The van der Waals surface area contributed by atoms with Gasteiger partial charge in [0.15, 0.2) is 17.5 Å². The number of hydrogen-bond donors (Lipinski definition) is 0. The van der Waals surface area contributed by atoms with Gasteiger partial charge < -0.3 is 8.83 Å². The highest BCUT2D eigenvalue weighted by Crippen LogP contribution is 2.48. The van der Waals surface area contributed by atoms with Crippen molar-refractivity contribution in [3.05, 3.63) is 134 Å². The molecule has 1 aliphatic rings. The molecule has 0 atom stereocenters. The first-order valence-corrected chi connectivity index (χ1v) is 15.9. The largest absolute Gasteiger partial charge is 0.456 e. The van der Waals surface area contributed by atoms with E-state index >= 15 is 0 Å². The van der Waals surface area contributed by atoms with E-state index in [1.54, 1.807) is 0 Å². The molecule has 4 heterocycles. The van der Waals surface area contributed by atoms with Gasteiger partial charge in [0.1, 0.15) is 22.3 Å². The summed E-state index contributed by atoms with van der Waals surface area (Å²) in [5.74, 6) is 1.61. The van der Waals surface area contributed by atoms with E-state index in [1.807, 2.05) is 66.9 Å². The molecule has 0 saturated carbocycles. The molecule has 0 saturated heterocycles. The van der Waals surface area contributed by atoms with E-state index in [4.69, 9.17) is 28.8 Å². The van der Waals surface area contributed by atoms with Crippen LogP contribution in [-0.4, -0.2) is 19.9 Å². The summed E-state index contributed by atoms with van der Waals surface area (Å²) in [4.78, 5) is 20.5. The monoisotopic (exact) mass is 614 g/mol. The van der Waals surface area contributed by atoms with Crippen molar-refractivity contribution < 1.29 is 8.83 Å². The Kier molecular flexibility index (Phi) is 5.02. The fourth-order valence-electron chi connectivity index (χ4n) is 7.47. The molecule has 6 aromatic carbocycles. The Morgan fingerprint density at radius 3 is 1.75 bits per heavy atom. The fourth-order valence-corrected chi connectivity index (χ4v) is 7.47. The van der Waals surface area contributed by atoms with Crippen LogP contribution in [0.2, 0.25) is 0 Å². The Morgan fingerprint density at radius 1 is 0.354 bits per heavy atom. The summed E-state index contributed by atoms with van der Waals surface area (Å²) < 4.78 is 12.7. The van der Waals surface area contributed by atoms with Crippen molar-refractivity contribution >= 4 is 54.8 Å². The van der Waals surface area contributed by atoms with Gasteiger partial charge in [0.25, 0.3) is 0 Å². The van der Waals surface area contributed by atoms with E-state index < -0.39 is 0 Å². The number of hydrogen-bond acceptors (Lipinski definition) is 6. The number of benzene rings is 6. The number of pyridine rings is 1. The molecule has 6 nitrogen and oxygen atoms in total. The molecule has 0 unspecified atom stereocenters. The topological polar surface area (TPSA) is 77.8 Å². The third-order valence-electron chi connectivity index (χ3n) is 9.56. The van der Waals surface area contributed by atoms with Crippen molar-refractivity contribution in [1.82, 2.24) is 19.9 Å². The van der Waals surface area contributed by atoms with Gasteiger partial charge in [-0.05, 0) is 58.7 Å². The Hall–Kier alpha value is -6.66. The summed E-state index contributed by atoms with van der Waals surface area (Å²) in [6.45, 7) is 0. The highest BCUT2D eigenvalue weighted by molar-refractivity contribution is 6.17. The van der Waals surface area contributed by atoms with Crippen LogP contribution in [0.3, 0.4) is 0 Å². The molecule has 0 N–H and O–H groups in total. The van der Waals surface area contributed by atoms with Crippen LogP contribution < -0.4 is 0 Å². The molecular weight excluding hydrogens is 592 g/mol. The number of nitrogens with zero attached hydrogens (tertiary/aromatic N) is 4. The molecule has 0 aliphatic heterocycles.